The van der Waals surface area contributed by atoms with Crippen LogP contribution in [0.5, 0.6) is 11.5 Å². The molecule has 2 rings (SSSR count). The number of aromatic carboxylic acids is 1. The summed E-state index contributed by atoms with van der Waals surface area (Å²) in [6, 6.07) is 4.07. The molecule has 0 saturated carbocycles. The van der Waals surface area contributed by atoms with Crippen LogP contribution in [0.1, 0.15) is 10.4 Å². The Morgan fingerprint density at radius 3 is 1.94 bits per heavy atom. The summed E-state index contributed by atoms with van der Waals surface area (Å²) in [5.74, 6) is -7.20. The van der Waals surface area contributed by atoms with Gasteiger partial charge in [0.15, 0.2) is 23.1 Å². The first kappa shape index (κ1) is 24.1. The molecule has 7 nitrogen and oxygen atoms in total. The molecule has 31 heavy (non-hydrogen) atoms. The Hall–Kier alpha value is -3.16. The highest BCUT2D eigenvalue weighted by Crippen LogP contribution is 2.36. The summed E-state index contributed by atoms with van der Waals surface area (Å²) < 4.78 is 114. The molecular formula is C17H13F6NO6S. The maximum absolute atomic E-state index is 14.6. The van der Waals surface area contributed by atoms with Crippen molar-refractivity contribution in [1.82, 2.24) is 0 Å². The number of hydrogen-bond acceptors (Lipinski definition) is 5. The lowest BCUT2D eigenvalue weighted by atomic mass is 10.2. The highest BCUT2D eigenvalue weighted by molar-refractivity contribution is 7.92. The van der Waals surface area contributed by atoms with E-state index in [1.54, 1.807) is 0 Å². The Kier molecular flexibility index (Phi) is 7.60. The van der Waals surface area contributed by atoms with Crippen LogP contribution in [0.15, 0.2) is 35.2 Å². The monoisotopic (exact) mass is 473 g/mol. The van der Waals surface area contributed by atoms with Crippen LogP contribution in [-0.2, 0) is 10.0 Å². The minimum atomic E-state index is -4.81. The van der Waals surface area contributed by atoms with Gasteiger partial charge < -0.3 is 14.6 Å². The van der Waals surface area contributed by atoms with E-state index in [1.165, 1.54) is 4.72 Å². The summed E-state index contributed by atoms with van der Waals surface area (Å²) in [7, 11) is -4.81. The van der Waals surface area contributed by atoms with Crippen LogP contribution in [0.2, 0.25) is 0 Å². The summed E-state index contributed by atoms with van der Waals surface area (Å²) >= 11 is 0. The molecule has 0 spiro atoms. The second-order valence-corrected chi connectivity index (χ2v) is 7.40. The molecular weight excluding hydrogens is 460 g/mol. The molecule has 0 heterocycles. The molecule has 0 bridgehead atoms. The Morgan fingerprint density at radius 1 is 0.968 bits per heavy atom. The van der Waals surface area contributed by atoms with Gasteiger partial charge in [0, 0.05) is 6.07 Å². The second kappa shape index (κ2) is 9.76. The number of rotatable bonds is 10. The van der Waals surface area contributed by atoms with E-state index < -0.39 is 81.3 Å². The van der Waals surface area contributed by atoms with E-state index in [4.69, 9.17) is 5.11 Å². The number of benzene rings is 2. The molecule has 0 radical (unpaired) electrons. The van der Waals surface area contributed by atoms with E-state index in [0.717, 1.165) is 18.2 Å². The van der Waals surface area contributed by atoms with Crippen molar-refractivity contribution in [2.24, 2.45) is 0 Å². The van der Waals surface area contributed by atoms with Gasteiger partial charge in [-0.15, -0.1) is 0 Å². The van der Waals surface area contributed by atoms with Gasteiger partial charge in [-0.1, -0.05) is 6.07 Å². The smallest absolute Gasteiger partial charge is 0.335 e. The molecule has 0 fully saturated rings. The number of carboxylic acids is 1. The third-order valence-corrected chi connectivity index (χ3v) is 4.84. The van der Waals surface area contributed by atoms with Crippen LogP contribution in [0.25, 0.3) is 0 Å². The van der Waals surface area contributed by atoms with Crippen molar-refractivity contribution in [3.63, 3.8) is 0 Å². The quantitative estimate of drug-likeness (QED) is 0.510. The molecule has 0 atom stereocenters. The van der Waals surface area contributed by atoms with Crippen molar-refractivity contribution in [2.75, 3.05) is 17.9 Å². The number of hydrogen-bond donors (Lipinski definition) is 2. The summed E-state index contributed by atoms with van der Waals surface area (Å²) in [5, 5.41) is 8.94. The van der Waals surface area contributed by atoms with Gasteiger partial charge in [-0.05, 0) is 18.2 Å². The zero-order valence-corrected chi connectivity index (χ0v) is 15.9. The Labute approximate surface area is 171 Å². The SMILES string of the molecule is O=C(O)c1cccc(S(=O)(=O)Nc2c(F)c(OCC(F)F)cc(OCC(F)F)c2F)c1. The van der Waals surface area contributed by atoms with Gasteiger partial charge in [0.25, 0.3) is 22.9 Å². The Bertz CT molecular complexity index is 1030. The standard InChI is InChI=1S/C17H13F6NO6S/c18-12(19)6-29-10-5-11(30-7-13(20)21)15(23)16(14(10)22)24-31(27,28)9-3-1-2-8(4-9)17(25)26/h1-5,12-13,24H,6-7H2,(H,25,26). The summed E-state index contributed by atoms with van der Waals surface area (Å²) in [5.41, 5.74) is -1.92. The number of ether oxygens (including phenoxy) is 2. The minimum Gasteiger partial charge on any atom is -0.484 e. The van der Waals surface area contributed by atoms with Gasteiger partial charge in [0.1, 0.15) is 18.9 Å². The zero-order valence-electron chi connectivity index (χ0n) is 15.1. The van der Waals surface area contributed by atoms with Crippen LogP contribution in [-0.4, -0.2) is 45.6 Å². The third-order valence-electron chi connectivity index (χ3n) is 3.49. The van der Waals surface area contributed by atoms with Gasteiger partial charge in [-0.2, -0.15) is 0 Å². The van der Waals surface area contributed by atoms with E-state index in [2.05, 4.69) is 9.47 Å². The second-order valence-electron chi connectivity index (χ2n) is 5.72. The van der Waals surface area contributed by atoms with Crippen molar-refractivity contribution in [3.05, 3.63) is 47.5 Å². The van der Waals surface area contributed by atoms with Crippen LogP contribution < -0.4 is 14.2 Å². The first-order valence-corrected chi connectivity index (χ1v) is 9.60. The summed E-state index contributed by atoms with van der Waals surface area (Å²) in [4.78, 5) is 10.3. The molecule has 0 aromatic heterocycles. The lowest BCUT2D eigenvalue weighted by Crippen LogP contribution is -2.18. The van der Waals surface area contributed by atoms with Gasteiger partial charge in [-0.25, -0.2) is 39.6 Å². The number of sulfonamides is 1. The minimum absolute atomic E-state index is 0.373. The van der Waals surface area contributed by atoms with E-state index >= 15 is 0 Å². The van der Waals surface area contributed by atoms with Crippen molar-refractivity contribution < 1.29 is 54.1 Å². The fourth-order valence-electron chi connectivity index (χ4n) is 2.18. The van der Waals surface area contributed by atoms with Crippen LogP contribution in [0.3, 0.4) is 0 Å². The lowest BCUT2D eigenvalue weighted by molar-refractivity contribution is 0.0696. The van der Waals surface area contributed by atoms with E-state index in [0.29, 0.717) is 12.1 Å². The Morgan fingerprint density at radius 2 is 1.48 bits per heavy atom. The largest absolute Gasteiger partial charge is 0.484 e. The first-order chi connectivity index (χ1) is 14.4. The maximum atomic E-state index is 14.6. The normalized spacial score (nSPS) is 11.6. The molecule has 2 aromatic rings. The number of nitrogens with one attached hydrogen (secondary N) is 1. The zero-order chi connectivity index (χ0) is 23.3. The molecule has 170 valence electrons. The van der Waals surface area contributed by atoms with E-state index in [1.807, 2.05) is 0 Å². The molecule has 2 N–H and O–H groups in total. The topological polar surface area (TPSA) is 102 Å². The molecule has 0 aliphatic carbocycles. The van der Waals surface area contributed by atoms with Crippen LogP contribution in [0, 0.1) is 11.6 Å². The summed E-state index contributed by atoms with van der Waals surface area (Å²) in [6.45, 7) is -2.74. The van der Waals surface area contributed by atoms with Crippen LogP contribution >= 0.6 is 0 Å². The number of alkyl halides is 4. The van der Waals surface area contributed by atoms with Gasteiger partial charge in [0.05, 0.1) is 10.5 Å². The maximum Gasteiger partial charge on any atom is 0.335 e. The summed E-state index contributed by atoms with van der Waals surface area (Å²) in [6.07, 6.45) is -6.18. The van der Waals surface area contributed by atoms with Crippen LogP contribution in [0.4, 0.5) is 32.0 Å². The van der Waals surface area contributed by atoms with Gasteiger partial charge >= 0.3 is 5.97 Å². The van der Waals surface area contributed by atoms with E-state index in [-0.39, 0.29) is 0 Å². The van der Waals surface area contributed by atoms with Crippen molar-refractivity contribution in [3.8, 4) is 11.5 Å². The molecule has 0 aliphatic heterocycles. The highest BCUT2D eigenvalue weighted by Gasteiger charge is 2.27. The van der Waals surface area contributed by atoms with Gasteiger partial charge in [0.2, 0.25) is 0 Å². The number of carboxylic acid groups (broad SMARTS) is 1. The van der Waals surface area contributed by atoms with E-state index in [9.17, 15) is 39.6 Å². The fourth-order valence-corrected chi connectivity index (χ4v) is 3.29. The fraction of sp³-hybridized carbons (Fsp3) is 0.235. The van der Waals surface area contributed by atoms with Crippen molar-refractivity contribution in [2.45, 2.75) is 17.7 Å². The number of carbonyl (C=O) groups is 1. The average Bonchev–Trinajstić information content (AvgIpc) is 2.69. The molecule has 0 unspecified atom stereocenters. The number of halogens is 6. The number of anilines is 1. The molecule has 0 saturated heterocycles. The first-order valence-electron chi connectivity index (χ1n) is 8.12. The van der Waals surface area contributed by atoms with Crippen molar-refractivity contribution >= 4 is 21.7 Å². The Balaban J connectivity index is 2.52. The molecule has 2 aromatic carbocycles. The predicted molar refractivity (Wildman–Crippen MR) is 93.6 cm³/mol. The average molecular weight is 473 g/mol. The lowest BCUT2D eigenvalue weighted by Gasteiger charge is -2.16. The highest BCUT2D eigenvalue weighted by atomic mass is 32.2. The third kappa shape index (κ3) is 6.16. The molecule has 0 aliphatic rings. The predicted octanol–water partition coefficient (Wildman–Crippen LogP) is 3.75. The molecule has 14 heteroatoms. The molecule has 0 amide bonds. The van der Waals surface area contributed by atoms with Crippen molar-refractivity contribution in [1.29, 1.82) is 0 Å². The van der Waals surface area contributed by atoms with Gasteiger partial charge in [-0.3, -0.25) is 4.72 Å².